The Hall–Kier alpha value is -3.40. The van der Waals surface area contributed by atoms with E-state index < -0.39 is 17.7 Å². The number of thiazole rings is 1. The molecule has 0 radical (unpaired) electrons. The summed E-state index contributed by atoms with van der Waals surface area (Å²) in [6, 6.07) is 12.8. The molecule has 188 valence electrons. The topological polar surface area (TPSA) is 100.0 Å². The molecule has 1 fully saturated rings. The molecule has 0 spiro atoms. The Balaban J connectivity index is 1.80. The molecule has 4 aromatic rings. The summed E-state index contributed by atoms with van der Waals surface area (Å²) < 4.78 is 6.36. The molecule has 7 nitrogen and oxygen atoms in total. The van der Waals surface area contributed by atoms with Crippen LogP contribution in [0, 0.1) is 13.8 Å². The maximum Gasteiger partial charge on any atom is 0.301 e. The number of aromatic nitrogens is 1. The number of hydrogen-bond acceptors (Lipinski definition) is 7. The average Bonchev–Trinajstić information content (AvgIpc) is 3.39. The number of amides is 1. The van der Waals surface area contributed by atoms with Gasteiger partial charge in [0.15, 0.2) is 16.6 Å². The van der Waals surface area contributed by atoms with Gasteiger partial charge in [0.1, 0.15) is 5.76 Å². The number of carbonyl (C=O) groups excluding carboxylic acids is 2. The molecule has 1 amide bonds. The number of rotatable bonds is 4. The molecule has 1 aromatic heterocycles. The van der Waals surface area contributed by atoms with Crippen molar-refractivity contribution in [1.29, 1.82) is 0 Å². The van der Waals surface area contributed by atoms with Crippen LogP contribution in [0.2, 0.25) is 5.02 Å². The number of nitrogens with zero attached hydrogens (tertiary/aromatic N) is 2. The van der Waals surface area contributed by atoms with Crippen LogP contribution in [0.25, 0.3) is 16.0 Å². The number of aliphatic hydroxyl groups is 1. The summed E-state index contributed by atoms with van der Waals surface area (Å²) >= 11 is 10.7. The van der Waals surface area contributed by atoms with E-state index in [0.717, 1.165) is 15.8 Å². The Morgan fingerprint density at radius 2 is 1.89 bits per heavy atom. The van der Waals surface area contributed by atoms with Gasteiger partial charge >= 0.3 is 5.91 Å². The highest BCUT2D eigenvalue weighted by atomic mass is 79.9. The zero-order chi connectivity index (χ0) is 26.6. The van der Waals surface area contributed by atoms with Crippen molar-refractivity contribution in [3.8, 4) is 11.5 Å². The first-order valence-electron chi connectivity index (χ1n) is 11.1. The van der Waals surface area contributed by atoms with E-state index in [0.29, 0.717) is 26.1 Å². The van der Waals surface area contributed by atoms with Gasteiger partial charge in [-0.2, -0.15) is 0 Å². The summed E-state index contributed by atoms with van der Waals surface area (Å²) in [6.45, 7) is 3.69. The minimum absolute atomic E-state index is 0.0874. The van der Waals surface area contributed by atoms with E-state index in [9.17, 15) is 19.8 Å². The van der Waals surface area contributed by atoms with Crippen LogP contribution in [0.5, 0.6) is 11.5 Å². The summed E-state index contributed by atoms with van der Waals surface area (Å²) in [6.07, 6.45) is 0. The van der Waals surface area contributed by atoms with Crippen LogP contribution in [0.3, 0.4) is 0 Å². The highest BCUT2D eigenvalue weighted by Gasteiger charge is 2.48. The van der Waals surface area contributed by atoms with Gasteiger partial charge in [-0.3, -0.25) is 14.5 Å². The Bertz CT molecular complexity index is 1650. The van der Waals surface area contributed by atoms with Gasteiger partial charge in [0, 0.05) is 10.6 Å². The number of ether oxygens (including phenoxy) is 1. The van der Waals surface area contributed by atoms with Gasteiger partial charge in [0.05, 0.1) is 33.4 Å². The number of carbonyl (C=O) groups is 2. The molecule has 5 rings (SSSR count). The Kier molecular flexibility index (Phi) is 6.47. The fourth-order valence-electron chi connectivity index (χ4n) is 4.38. The number of methoxy groups -OCH3 is 1. The monoisotopic (exact) mass is 598 g/mol. The van der Waals surface area contributed by atoms with Gasteiger partial charge in [-0.05, 0) is 77.3 Å². The molecule has 2 N–H and O–H groups in total. The lowest BCUT2D eigenvalue weighted by Gasteiger charge is -2.24. The number of phenolic OH excluding ortho intramolecular Hbond substituents is 1. The van der Waals surface area contributed by atoms with Gasteiger partial charge in [-0.1, -0.05) is 40.6 Å². The maximum absolute atomic E-state index is 13.5. The molecule has 0 saturated carbocycles. The number of hydrogen-bond donors (Lipinski definition) is 2. The second-order valence-corrected chi connectivity index (χ2v) is 10.9. The molecule has 1 aliphatic heterocycles. The molecule has 3 aromatic carbocycles. The Morgan fingerprint density at radius 1 is 1.14 bits per heavy atom. The predicted molar refractivity (Wildman–Crippen MR) is 148 cm³/mol. The maximum atomic E-state index is 13.5. The van der Waals surface area contributed by atoms with Crippen molar-refractivity contribution in [2.45, 2.75) is 19.9 Å². The number of aromatic hydroxyl groups is 1. The van der Waals surface area contributed by atoms with Crippen molar-refractivity contribution in [3.05, 3.63) is 85.9 Å². The summed E-state index contributed by atoms with van der Waals surface area (Å²) in [5, 5.41) is 22.7. The quantitative estimate of drug-likeness (QED) is 0.154. The van der Waals surface area contributed by atoms with E-state index in [1.807, 2.05) is 26.0 Å². The fraction of sp³-hybridized carbons (Fsp3) is 0.148. The Labute approximate surface area is 229 Å². The minimum Gasteiger partial charge on any atom is -0.507 e. The predicted octanol–water partition coefficient (Wildman–Crippen LogP) is 6.67. The number of anilines is 1. The molecule has 1 unspecified atom stereocenters. The number of halogens is 2. The largest absolute Gasteiger partial charge is 0.507 e. The highest BCUT2D eigenvalue weighted by molar-refractivity contribution is 9.10. The van der Waals surface area contributed by atoms with Crippen molar-refractivity contribution < 1.29 is 24.5 Å². The number of ketones is 1. The van der Waals surface area contributed by atoms with Crippen molar-refractivity contribution in [2.75, 3.05) is 12.0 Å². The van der Waals surface area contributed by atoms with Crippen LogP contribution in [-0.2, 0) is 9.59 Å². The number of Topliss-reactive ketones (excluding diaryl/α,β-unsaturated/α-hetero) is 1. The molecule has 37 heavy (non-hydrogen) atoms. The van der Waals surface area contributed by atoms with E-state index in [1.54, 1.807) is 30.3 Å². The number of phenols is 1. The smallest absolute Gasteiger partial charge is 0.301 e. The van der Waals surface area contributed by atoms with Crippen molar-refractivity contribution >= 4 is 71.7 Å². The number of aryl methyl sites for hydroxylation is 2. The lowest BCUT2D eigenvalue weighted by Crippen LogP contribution is -2.29. The van der Waals surface area contributed by atoms with E-state index >= 15 is 0 Å². The van der Waals surface area contributed by atoms with Crippen LogP contribution < -0.4 is 9.64 Å². The van der Waals surface area contributed by atoms with E-state index in [1.165, 1.54) is 29.4 Å². The van der Waals surface area contributed by atoms with Crippen LogP contribution in [0.15, 0.2) is 58.6 Å². The van der Waals surface area contributed by atoms with E-state index in [2.05, 4.69) is 20.9 Å². The first-order chi connectivity index (χ1) is 17.6. The standard InChI is InChI=1S/C27H20BrClN2O5S/c1-12-4-5-13(2)16(8-12)23(32)21-22(14-9-17(28)24(33)19(10-14)36-3)31(26(35)25(21)34)27-30-18-7-6-15(29)11-20(18)37-27/h4-11,22,32-33H,1-3H3/b23-21+. The van der Waals surface area contributed by atoms with Crippen molar-refractivity contribution in [3.63, 3.8) is 0 Å². The van der Waals surface area contributed by atoms with Gasteiger partial charge < -0.3 is 14.9 Å². The van der Waals surface area contributed by atoms with Crippen molar-refractivity contribution in [2.24, 2.45) is 0 Å². The lowest BCUT2D eigenvalue weighted by atomic mass is 9.93. The van der Waals surface area contributed by atoms with Crippen LogP contribution >= 0.6 is 38.9 Å². The third kappa shape index (κ3) is 4.27. The summed E-state index contributed by atoms with van der Waals surface area (Å²) in [7, 11) is 1.40. The molecule has 0 bridgehead atoms. The molecule has 1 saturated heterocycles. The minimum atomic E-state index is -1.04. The summed E-state index contributed by atoms with van der Waals surface area (Å²) in [5.41, 5.74) is 3.04. The molecule has 2 heterocycles. The molecule has 1 aliphatic rings. The zero-order valence-corrected chi connectivity index (χ0v) is 23.0. The number of aliphatic hydroxyl groups excluding tert-OH is 1. The first kappa shape index (κ1) is 25.3. The zero-order valence-electron chi connectivity index (χ0n) is 19.9. The molecular formula is C27H20BrClN2O5S. The van der Waals surface area contributed by atoms with E-state index in [-0.39, 0.29) is 28.0 Å². The molecule has 0 aliphatic carbocycles. The summed E-state index contributed by atoms with van der Waals surface area (Å²) in [5.74, 6) is -1.96. The van der Waals surface area contributed by atoms with E-state index in [4.69, 9.17) is 16.3 Å². The Morgan fingerprint density at radius 3 is 2.62 bits per heavy atom. The fourth-order valence-corrected chi connectivity index (χ4v) is 6.11. The van der Waals surface area contributed by atoms with Crippen LogP contribution in [0.1, 0.15) is 28.3 Å². The first-order valence-corrected chi connectivity index (χ1v) is 13.1. The molecule has 1 atom stereocenters. The SMILES string of the molecule is COc1cc(C2/C(=C(\O)c3cc(C)ccc3C)C(=O)C(=O)N2c2nc3ccc(Cl)cc3s2)cc(Br)c1O. The second kappa shape index (κ2) is 9.48. The van der Waals surface area contributed by atoms with Crippen LogP contribution in [0.4, 0.5) is 5.13 Å². The summed E-state index contributed by atoms with van der Waals surface area (Å²) in [4.78, 5) is 32.9. The molecule has 10 heteroatoms. The van der Waals surface area contributed by atoms with Crippen LogP contribution in [-0.4, -0.2) is 34.0 Å². The average molecular weight is 600 g/mol. The third-order valence-electron chi connectivity index (χ3n) is 6.22. The lowest BCUT2D eigenvalue weighted by molar-refractivity contribution is -0.132. The highest BCUT2D eigenvalue weighted by Crippen LogP contribution is 2.47. The number of fused-ring (bicyclic) bond motifs is 1. The van der Waals surface area contributed by atoms with Gasteiger partial charge in [0.25, 0.3) is 5.78 Å². The normalized spacial score (nSPS) is 17.1. The number of benzene rings is 3. The van der Waals surface area contributed by atoms with Gasteiger partial charge in [-0.15, -0.1) is 0 Å². The van der Waals surface area contributed by atoms with Gasteiger partial charge in [-0.25, -0.2) is 4.98 Å². The van der Waals surface area contributed by atoms with Gasteiger partial charge in [0.2, 0.25) is 0 Å². The third-order valence-corrected chi connectivity index (χ3v) is 8.08. The van der Waals surface area contributed by atoms with Crippen molar-refractivity contribution in [1.82, 2.24) is 4.98 Å². The second-order valence-electron chi connectivity index (χ2n) is 8.65. The molecular weight excluding hydrogens is 580 g/mol.